The maximum Gasteiger partial charge on any atom is 0.171 e. The van der Waals surface area contributed by atoms with Crippen LogP contribution in [0.4, 0.5) is 0 Å². The maximum absolute atomic E-state index is 5.08. The molecule has 16 heavy (non-hydrogen) atoms. The molecule has 3 nitrogen and oxygen atoms in total. The van der Waals surface area contributed by atoms with Crippen LogP contribution >= 0.6 is 0 Å². The van der Waals surface area contributed by atoms with Crippen molar-refractivity contribution in [3.05, 3.63) is 29.3 Å². The predicted octanol–water partition coefficient (Wildman–Crippen LogP) is 2.44. The summed E-state index contributed by atoms with van der Waals surface area (Å²) in [6.45, 7) is 6.03. The lowest BCUT2D eigenvalue weighted by atomic mass is 10.0. The molecule has 3 heteroatoms. The van der Waals surface area contributed by atoms with E-state index in [0.717, 1.165) is 24.3 Å². The third kappa shape index (κ3) is 2.74. The molecule has 0 bridgehead atoms. The van der Waals surface area contributed by atoms with Crippen molar-refractivity contribution in [1.29, 1.82) is 0 Å². The summed E-state index contributed by atoms with van der Waals surface area (Å²) in [5, 5.41) is 3.48. The number of hydrogen-bond acceptors (Lipinski definition) is 3. The smallest absolute Gasteiger partial charge is 0.171 e. The van der Waals surface area contributed by atoms with Gasteiger partial charge in [0.15, 0.2) is 5.75 Å². The third-order valence-electron chi connectivity index (χ3n) is 2.78. The summed E-state index contributed by atoms with van der Waals surface area (Å²) in [6.07, 6.45) is 2.20. The van der Waals surface area contributed by atoms with E-state index in [-0.39, 0.29) is 0 Å². The maximum atomic E-state index is 5.08. The zero-order valence-corrected chi connectivity index (χ0v) is 9.95. The second-order valence-corrected chi connectivity index (χ2v) is 4.35. The Morgan fingerprint density at radius 1 is 1.44 bits per heavy atom. The van der Waals surface area contributed by atoms with E-state index in [4.69, 9.17) is 9.78 Å². The first kappa shape index (κ1) is 11.4. The topological polar surface area (TPSA) is 30.5 Å². The monoisotopic (exact) mass is 221 g/mol. The van der Waals surface area contributed by atoms with E-state index >= 15 is 0 Å². The van der Waals surface area contributed by atoms with Crippen molar-refractivity contribution in [1.82, 2.24) is 5.32 Å². The Kier molecular flexibility index (Phi) is 3.80. The van der Waals surface area contributed by atoms with Crippen LogP contribution in [0.1, 0.15) is 31.4 Å². The highest BCUT2D eigenvalue weighted by Crippen LogP contribution is 2.27. The zero-order chi connectivity index (χ0) is 11.4. The van der Waals surface area contributed by atoms with E-state index in [1.54, 1.807) is 0 Å². The second kappa shape index (κ2) is 5.32. The molecule has 0 radical (unpaired) electrons. The highest BCUT2D eigenvalue weighted by molar-refractivity contribution is 5.38. The molecule has 1 aromatic carbocycles. The fraction of sp³-hybridized carbons (Fsp3) is 0.538. The zero-order valence-electron chi connectivity index (χ0n) is 9.95. The van der Waals surface area contributed by atoms with Crippen molar-refractivity contribution >= 4 is 0 Å². The van der Waals surface area contributed by atoms with E-state index in [0.29, 0.717) is 12.6 Å². The summed E-state index contributed by atoms with van der Waals surface area (Å²) < 4.78 is 0. The fourth-order valence-electron chi connectivity index (χ4n) is 1.90. The molecule has 1 aromatic rings. The van der Waals surface area contributed by atoms with Gasteiger partial charge in [-0.05, 0) is 37.9 Å². The molecule has 1 heterocycles. The van der Waals surface area contributed by atoms with Crippen LogP contribution in [-0.2, 0) is 17.9 Å². The van der Waals surface area contributed by atoms with Crippen molar-refractivity contribution < 1.29 is 9.78 Å². The van der Waals surface area contributed by atoms with Gasteiger partial charge in [0, 0.05) is 11.6 Å². The molecule has 0 aliphatic carbocycles. The van der Waals surface area contributed by atoms with Gasteiger partial charge in [-0.15, -0.1) is 0 Å². The number of benzene rings is 1. The fourth-order valence-corrected chi connectivity index (χ4v) is 1.90. The molecule has 1 N–H and O–H groups in total. The van der Waals surface area contributed by atoms with Crippen LogP contribution < -0.4 is 10.2 Å². The van der Waals surface area contributed by atoms with Crippen LogP contribution in [-0.4, -0.2) is 12.6 Å². The lowest BCUT2D eigenvalue weighted by molar-refractivity contribution is -0.194. The Labute approximate surface area is 96.7 Å². The summed E-state index contributed by atoms with van der Waals surface area (Å²) in [6, 6.07) is 6.82. The summed E-state index contributed by atoms with van der Waals surface area (Å²) in [4.78, 5) is 10.0. The molecule has 1 unspecified atom stereocenters. The average molecular weight is 221 g/mol. The van der Waals surface area contributed by atoms with Crippen LogP contribution in [0.15, 0.2) is 18.2 Å². The molecular weight excluding hydrogens is 202 g/mol. The van der Waals surface area contributed by atoms with E-state index in [1.165, 1.54) is 12.0 Å². The van der Waals surface area contributed by atoms with Crippen molar-refractivity contribution in [2.75, 3.05) is 6.54 Å². The minimum absolute atomic E-state index is 0.500. The van der Waals surface area contributed by atoms with Gasteiger partial charge in [0.25, 0.3) is 0 Å². The molecule has 0 aromatic heterocycles. The van der Waals surface area contributed by atoms with Gasteiger partial charge in [-0.25, -0.2) is 0 Å². The van der Waals surface area contributed by atoms with Crippen LogP contribution in [0.3, 0.4) is 0 Å². The van der Waals surface area contributed by atoms with Gasteiger partial charge in [-0.2, -0.15) is 4.89 Å². The Bertz CT molecular complexity index is 352. The Morgan fingerprint density at radius 2 is 2.31 bits per heavy atom. The summed E-state index contributed by atoms with van der Waals surface area (Å²) >= 11 is 0. The largest absolute Gasteiger partial charge is 0.337 e. The van der Waals surface area contributed by atoms with E-state index in [2.05, 4.69) is 37.4 Å². The third-order valence-corrected chi connectivity index (χ3v) is 2.78. The van der Waals surface area contributed by atoms with Gasteiger partial charge >= 0.3 is 0 Å². The molecule has 0 spiro atoms. The quantitative estimate of drug-likeness (QED) is 0.775. The number of rotatable bonds is 5. The minimum Gasteiger partial charge on any atom is -0.337 e. The van der Waals surface area contributed by atoms with Crippen LogP contribution in [0, 0.1) is 0 Å². The van der Waals surface area contributed by atoms with Gasteiger partial charge in [0.1, 0.15) is 6.61 Å². The van der Waals surface area contributed by atoms with Gasteiger partial charge in [0.05, 0.1) is 0 Å². The standard InChI is InChI=1S/C13H19NO2/c1-3-6-14-10(2)7-11-4-5-12-9-15-16-13(12)8-11/h4-5,8,10,14H,3,6-7,9H2,1-2H3. The van der Waals surface area contributed by atoms with Crippen molar-refractivity contribution in [2.24, 2.45) is 0 Å². The van der Waals surface area contributed by atoms with Gasteiger partial charge in [-0.1, -0.05) is 19.1 Å². The van der Waals surface area contributed by atoms with E-state index < -0.39 is 0 Å². The minimum atomic E-state index is 0.500. The van der Waals surface area contributed by atoms with E-state index in [9.17, 15) is 0 Å². The molecule has 1 aliphatic heterocycles. The highest BCUT2D eigenvalue weighted by Gasteiger charge is 2.14. The van der Waals surface area contributed by atoms with Crippen LogP contribution in [0.5, 0.6) is 5.75 Å². The Balaban J connectivity index is 1.94. The van der Waals surface area contributed by atoms with Crippen LogP contribution in [0.25, 0.3) is 0 Å². The molecule has 0 saturated heterocycles. The summed E-state index contributed by atoms with van der Waals surface area (Å²) in [7, 11) is 0. The molecule has 0 fully saturated rings. The first-order chi connectivity index (χ1) is 7.79. The van der Waals surface area contributed by atoms with Crippen molar-refractivity contribution in [2.45, 2.75) is 39.3 Å². The molecule has 88 valence electrons. The SMILES string of the molecule is CCCNC(C)Cc1ccc2c(c1)OOC2. The van der Waals surface area contributed by atoms with Gasteiger partial charge in [-0.3, -0.25) is 0 Å². The Morgan fingerprint density at radius 3 is 3.12 bits per heavy atom. The van der Waals surface area contributed by atoms with Gasteiger partial charge in [0.2, 0.25) is 0 Å². The van der Waals surface area contributed by atoms with Crippen molar-refractivity contribution in [3.8, 4) is 5.75 Å². The van der Waals surface area contributed by atoms with Gasteiger partial charge < -0.3 is 10.2 Å². The molecule has 0 saturated carbocycles. The number of fused-ring (bicyclic) bond motifs is 1. The number of hydrogen-bond donors (Lipinski definition) is 1. The lowest BCUT2D eigenvalue weighted by Gasteiger charge is -2.13. The van der Waals surface area contributed by atoms with Crippen molar-refractivity contribution in [3.63, 3.8) is 0 Å². The molecule has 0 amide bonds. The normalized spacial score (nSPS) is 15.6. The molecule has 1 atom stereocenters. The average Bonchev–Trinajstić information content (AvgIpc) is 2.73. The Hall–Kier alpha value is -1.06. The second-order valence-electron chi connectivity index (χ2n) is 4.35. The number of nitrogens with one attached hydrogen (secondary N) is 1. The molecule has 2 rings (SSSR count). The lowest BCUT2D eigenvalue weighted by Crippen LogP contribution is -2.28. The predicted molar refractivity (Wildman–Crippen MR) is 63.3 cm³/mol. The van der Waals surface area contributed by atoms with E-state index in [1.807, 2.05) is 0 Å². The first-order valence-electron chi connectivity index (χ1n) is 5.94. The summed E-state index contributed by atoms with van der Waals surface area (Å²) in [5.74, 6) is 0.875. The molecular formula is C13H19NO2. The van der Waals surface area contributed by atoms with Crippen LogP contribution in [0.2, 0.25) is 0 Å². The first-order valence-corrected chi connectivity index (χ1v) is 5.94. The molecule has 1 aliphatic rings. The highest BCUT2D eigenvalue weighted by atomic mass is 17.2. The summed E-state index contributed by atoms with van der Waals surface area (Å²) in [5.41, 5.74) is 2.43.